The predicted molar refractivity (Wildman–Crippen MR) is 80.4 cm³/mol. The maximum Gasteiger partial charge on any atom is 0.252 e. The number of halogens is 1. The maximum absolute atomic E-state index is 12.5. The van der Waals surface area contributed by atoms with E-state index in [-0.39, 0.29) is 0 Å². The van der Waals surface area contributed by atoms with Crippen molar-refractivity contribution in [2.45, 2.75) is 30.9 Å². The van der Waals surface area contributed by atoms with Crippen molar-refractivity contribution in [3.63, 3.8) is 0 Å². The van der Waals surface area contributed by atoms with Crippen LogP contribution in [0.2, 0.25) is 0 Å². The fraction of sp³-hybridized carbons (Fsp3) is 0.692. The molecule has 0 saturated carbocycles. The van der Waals surface area contributed by atoms with E-state index in [1.807, 2.05) is 6.07 Å². The summed E-state index contributed by atoms with van der Waals surface area (Å²) in [6, 6.07) is 3.58. The van der Waals surface area contributed by atoms with Gasteiger partial charge in [-0.1, -0.05) is 13.8 Å². The van der Waals surface area contributed by atoms with Gasteiger partial charge >= 0.3 is 0 Å². The van der Waals surface area contributed by atoms with Gasteiger partial charge in [-0.05, 0) is 36.8 Å². The number of alkyl halides is 1. The summed E-state index contributed by atoms with van der Waals surface area (Å²) in [5.74, 6) is 1.55. The highest BCUT2D eigenvalue weighted by Crippen LogP contribution is 2.31. The Morgan fingerprint density at radius 2 is 2.21 bits per heavy atom. The van der Waals surface area contributed by atoms with E-state index in [0.29, 0.717) is 35.0 Å². The van der Waals surface area contributed by atoms with Crippen molar-refractivity contribution in [1.29, 1.82) is 0 Å². The van der Waals surface area contributed by atoms with Gasteiger partial charge in [0, 0.05) is 23.8 Å². The Kier molecular flexibility index (Phi) is 4.93. The first-order valence-electron chi connectivity index (χ1n) is 6.60. The van der Waals surface area contributed by atoms with Crippen LogP contribution in [0.3, 0.4) is 0 Å². The van der Waals surface area contributed by atoms with Gasteiger partial charge in [0.25, 0.3) is 10.0 Å². The van der Waals surface area contributed by atoms with E-state index in [4.69, 9.17) is 11.6 Å². The fourth-order valence-corrected chi connectivity index (χ4v) is 5.70. The summed E-state index contributed by atoms with van der Waals surface area (Å²) in [7, 11) is -3.29. The van der Waals surface area contributed by atoms with Crippen LogP contribution in [0, 0.1) is 11.8 Å². The van der Waals surface area contributed by atoms with Crippen molar-refractivity contribution in [2.24, 2.45) is 11.8 Å². The minimum absolute atomic E-state index is 0.456. The van der Waals surface area contributed by atoms with Crippen LogP contribution >= 0.6 is 22.9 Å². The number of thiophene rings is 1. The molecule has 1 atom stereocenters. The first-order valence-corrected chi connectivity index (χ1v) is 9.39. The van der Waals surface area contributed by atoms with Crippen LogP contribution in [0.25, 0.3) is 0 Å². The van der Waals surface area contributed by atoms with E-state index in [9.17, 15) is 8.42 Å². The van der Waals surface area contributed by atoms with Crippen LogP contribution in [-0.2, 0) is 16.4 Å². The number of sulfonamides is 1. The second kappa shape index (κ2) is 6.12. The van der Waals surface area contributed by atoms with Crippen LogP contribution in [0.5, 0.6) is 0 Å². The second-order valence-corrected chi connectivity index (χ2v) is 9.03. The number of hydrogen-bond donors (Lipinski definition) is 0. The third-order valence-electron chi connectivity index (χ3n) is 3.70. The molecule has 0 aromatic carbocycles. The molecule has 1 aromatic heterocycles. The first-order chi connectivity index (χ1) is 8.95. The van der Waals surface area contributed by atoms with Crippen molar-refractivity contribution >= 4 is 33.0 Å². The first kappa shape index (κ1) is 15.3. The van der Waals surface area contributed by atoms with Crippen LogP contribution in [-0.4, -0.2) is 31.7 Å². The lowest BCUT2D eigenvalue weighted by Gasteiger charge is -2.17. The van der Waals surface area contributed by atoms with Crippen LogP contribution in [0.1, 0.15) is 25.1 Å². The van der Waals surface area contributed by atoms with Crippen molar-refractivity contribution < 1.29 is 8.42 Å². The smallest absolute Gasteiger partial charge is 0.206 e. The van der Waals surface area contributed by atoms with Crippen molar-refractivity contribution in [2.75, 3.05) is 19.0 Å². The average molecular weight is 322 g/mol. The molecule has 6 heteroatoms. The van der Waals surface area contributed by atoms with Gasteiger partial charge in [-0.3, -0.25) is 0 Å². The van der Waals surface area contributed by atoms with Gasteiger partial charge in [-0.2, -0.15) is 4.31 Å². The summed E-state index contributed by atoms with van der Waals surface area (Å²) in [6.45, 7) is 5.62. The quantitative estimate of drug-likeness (QED) is 0.781. The Bertz CT molecular complexity index is 525. The molecule has 0 spiro atoms. The molecule has 1 aliphatic rings. The largest absolute Gasteiger partial charge is 0.252 e. The Hall–Kier alpha value is -0.100. The lowest BCUT2D eigenvalue weighted by Crippen LogP contribution is -2.28. The molecular weight excluding hydrogens is 302 g/mol. The number of rotatable bonds is 5. The van der Waals surface area contributed by atoms with E-state index < -0.39 is 10.0 Å². The number of hydrogen-bond acceptors (Lipinski definition) is 3. The molecule has 19 heavy (non-hydrogen) atoms. The minimum atomic E-state index is -3.29. The van der Waals surface area contributed by atoms with Crippen LogP contribution in [0.15, 0.2) is 16.3 Å². The van der Waals surface area contributed by atoms with Gasteiger partial charge in [-0.15, -0.1) is 22.9 Å². The molecule has 2 rings (SSSR count). The monoisotopic (exact) mass is 321 g/mol. The van der Waals surface area contributed by atoms with E-state index in [0.717, 1.165) is 17.7 Å². The Morgan fingerprint density at radius 3 is 2.79 bits per heavy atom. The summed E-state index contributed by atoms with van der Waals surface area (Å²) in [5.41, 5.74) is 0. The van der Waals surface area contributed by atoms with E-state index in [1.165, 1.54) is 11.3 Å². The van der Waals surface area contributed by atoms with Crippen molar-refractivity contribution in [3.05, 3.63) is 17.0 Å². The topological polar surface area (TPSA) is 37.4 Å². The van der Waals surface area contributed by atoms with Gasteiger partial charge < -0.3 is 0 Å². The molecular formula is C13H20ClNO2S2. The van der Waals surface area contributed by atoms with Crippen molar-refractivity contribution in [3.8, 4) is 0 Å². The highest BCUT2D eigenvalue weighted by atomic mass is 35.5. The summed E-state index contributed by atoms with van der Waals surface area (Å²) >= 11 is 7.03. The number of aryl methyl sites for hydroxylation is 1. The molecule has 1 aliphatic heterocycles. The Morgan fingerprint density at radius 1 is 1.47 bits per heavy atom. The molecule has 1 unspecified atom stereocenters. The van der Waals surface area contributed by atoms with Gasteiger partial charge in [0.2, 0.25) is 0 Å². The zero-order valence-electron chi connectivity index (χ0n) is 11.3. The molecule has 108 valence electrons. The summed E-state index contributed by atoms with van der Waals surface area (Å²) in [6.07, 6.45) is 1.70. The highest BCUT2D eigenvalue weighted by Gasteiger charge is 2.34. The van der Waals surface area contributed by atoms with E-state index in [2.05, 4.69) is 13.8 Å². The normalized spacial score (nSPS) is 21.4. The summed E-state index contributed by atoms with van der Waals surface area (Å²) < 4.78 is 27.1. The van der Waals surface area contributed by atoms with Gasteiger partial charge in [0.1, 0.15) is 4.21 Å². The molecule has 2 heterocycles. The molecule has 0 N–H and O–H groups in total. The third kappa shape index (κ3) is 3.32. The Balaban J connectivity index is 2.14. The third-order valence-corrected chi connectivity index (χ3v) is 7.37. The van der Waals surface area contributed by atoms with Gasteiger partial charge in [0.15, 0.2) is 0 Å². The molecule has 0 aliphatic carbocycles. The van der Waals surface area contributed by atoms with Crippen LogP contribution < -0.4 is 0 Å². The average Bonchev–Trinajstić information content (AvgIpc) is 2.98. The molecule has 1 saturated heterocycles. The molecule has 0 amide bonds. The van der Waals surface area contributed by atoms with E-state index >= 15 is 0 Å². The number of nitrogens with zero attached hydrogens (tertiary/aromatic N) is 1. The highest BCUT2D eigenvalue weighted by molar-refractivity contribution is 7.91. The standard InChI is InChI=1S/C13H20ClNO2S2/c1-10(2)11-6-8-15(9-11)19(16,17)13-4-3-12(18-13)5-7-14/h3-4,10-11H,5-9H2,1-2H3. The fourth-order valence-electron chi connectivity index (χ4n) is 2.37. The minimum Gasteiger partial charge on any atom is -0.206 e. The van der Waals surface area contributed by atoms with E-state index in [1.54, 1.807) is 10.4 Å². The lowest BCUT2D eigenvalue weighted by molar-refractivity contribution is 0.389. The summed E-state index contributed by atoms with van der Waals surface area (Å²) in [5, 5.41) is 0. The SMILES string of the molecule is CC(C)C1CCN(S(=O)(=O)c2ccc(CCCl)s2)C1. The molecule has 1 fully saturated rings. The molecule has 1 aromatic rings. The molecule has 3 nitrogen and oxygen atoms in total. The molecule has 0 radical (unpaired) electrons. The second-order valence-electron chi connectivity index (χ2n) is 5.32. The zero-order valence-corrected chi connectivity index (χ0v) is 13.7. The maximum atomic E-state index is 12.5. The zero-order chi connectivity index (χ0) is 14.0. The van der Waals surface area contributed by atoms with Gasteiger partial charge in [-0.25, -0.2) is 8.42 Å². The van der Waals surface area contributed by atoms with Crippen LogP contribution in [0.4, 0.5) is 0 Å². The Labute approximate surface area is 124 Å². The van der Waals surface area contributed by atoms with Crippen molar-refractivity contribution in [1.82, 2.24) is 4.31 Å². The predicted octanol–water partition coefficient (Wildman–Crippen LogP) is 3.20. The lowest BCUT2D eigenvalue weighted by atomic mass is 9.96. The van der Waals surface area contributed by atoms with Gasteiger partial charge in [0.05, 0.1) is 0 Å². The summed E-state index contributed by atoms with van der Waals surface area (Å²) in [4.78, 5) is 1.04. The molecule has 0 bridgehead atoms.